The number of likely N-dealkylation sites (tertiary alicyclic amines) is 1. The molecule has 1 N–H and O–H groups in total. The number of halogens is 1. The van der Waals surface area contributed by atoms with Gasteiger partial charge in [-0.05, 0) is 48.2 Å². The van der Waals surface area contributed by atoms with E-state index in [1.54, 1.807) is 36.3 Å². The van der Waals surface area contributed by atoms with Crippen molar-refractivity contribution in [3.8, 4) is 17.5 Å². The summed E-state index contributed by atoms with van der Waals surface area (Å²) in [5.41, 5.74) is 4.13. The van der Waals surface area contributed by atoms with Crippen LogP contribution in [-0.2, 0) is 23.2 Å². The van der Waals surface area contributed by atoms with Crippen LogP contribution in [0.3, 0.4) is 0 Å². The van der Waals surface area contributed by atoms with E-state index in [0.717, 1.165) is 41.1 Å². The average molecular weight is 475 g/mol. The molecule has 6 nitrogen and oxygen atoms in total. The summed E-state index contributed by atoms with van der Waals surface area (Å²) in [5.74, 6) is 0.656. The summed E-state index contributed by atoms with van der Waals surface area (Å²) in [7, 11) is 1.67. The highest BCUT2D eigenvalue weighted by atomic mass is 19.1. The quantitative estimate of drug-likeness (QED) is 0.516. The van der Waals surface area contributed by atoms with Crippen LogP contribution in [0.5, 0.6) is 0 Å². The van der Waals surface area contributed by atoms with E-state index in [4.69, 9.17) is 10.00 Å². The summed E-state index contributed by atoms with van der Waals surface area (Å²) < 4.78 is 20.8. The number of hydrogen-bond donors (Lipinski definition) is 1. The normalized spacial score (nSPS) is 15.1. The Balaban J connectivity index is 1.54. The second-order valence-electron chi connectivity index (χ2n) is 9.12. The molecule has 0 radical (unpaired) electrons. The van der Waals surface area contributed by atoms with E-state index in [0.29, 0.717) is 36.4 Å². The van der Waals surface area contributed by atoms with E-state index in [-0.39, 0.29) is 18.7 Å². The molecule has 0 unspecified atom stereocenters. The molecule has 1 saturated heterocycles. The van der Waals surface area contributed by atoms with Gasteiger partial charge in [0.2, 0.25) is 0 Å². The van der Waals surface area contributed by atoms with E-state index in [9.17, 15) is 4.79 Å². The van der Waals surface area contributed by atoms with E-state index in [2.05, 4.69) is 29.0 Å². The van der Waals surface area contributed by atoms with Crippen LogP contribution in [0.4, 0.5) is 4.39 Å². The van der Waals surface area contributed by atoms with Crippen molar-refractivity contribution in [3.63, 3.8) is 0 Å². The van der Waals surface area contributed by atoms with Crippen LogP contribution in [0, 0.1) is 18.3 Å². The van der Waals surface area contributed by atoms with E-state index in [1.165, 1.54) is 0 Å². The minimum atomic E-state index is -1.50. The fraction of sp³-hybridized carbons (Fsp3) is 0.393. The molecule has 3 aromatic rings. The van der Waals surface area contributed by atoms with Crippen molar-refractivity contribution in [1.82, 2.24) is 14.9 Å². The van der Waals surface area contributed by atoms with Crippen molar-refractivity contribution >= 4 is 5.91 Å². The number of carbonyl (C=O) groups excluding carboxylic acids is 1. The molecular weight excluding hydrogens is 443 g/mol. The number of nitriles is 1. The first kappa shape index (κ1) is 24.6. The summed E-state index contributed by atoms with van der Waals surface area (Å²) >= 11 is 0. The number of hydrogen-bond acceptors (Lipinski definition) is 4. The number of carbonyl (C=O) groups is 1. The van der Waals surface area contributed by atoms with Gasteiger partial charge in [0.05, 0.1) is 18.2 Å². The molecule has 2 heterocycles. The van der Waals surface area contributed by atoms with Gasteiger partial charge in [-0.25, -0.2) is 9.37 Å². The molecule has 1 aliphatic rings. The Morgan fingerprint density at radius 2 is 1.97 bits per heavy atom. The summed E-state index contributed by atoms with van der Waals surface area (Å²) in [6, 6.07) is 12.7. The first-order valence-corrected chi connectivity index (χ1v) is 12.0. The predicted octanol–water partition coefficient (Wildman–Crippen LogP) is 5.11. The summed E-state index contributed by atoms with van der Waals surface area (Å²) in [5, 5.41) is 8.99. The minimum absolute atomic E-state index is 0.0838. The van der Waals surface area contributed by atoms with E-state index < -0.39 is 5.67 Å². The number of rotatable bonds is 7. The fourth-order valence-corrected chi connectivity index (χ4v) is 4.71. The van der Waals surface area contributed by atoms with Gasteiger partial charge in [-0.3, -0.25) is 4.79 Å². The van der Waals surface area contributed by atoms with Crippen molar-refractivity contribution in [3.05, 3.63) is 76.1 Å². The highest BCUT2D eigenvalue weighted by Gasteiger charge is 2.38. The molecule has 2 aromatic carbocycles. The van der Waals surface area contributed by atoms with Crippen molar-refractivity contribution in [2.24, 2.45) is 0 Å². The molecule has 0 spiro atoms. The largest absolute Gasteiger partial charge is 0.384 e. The van der Waals surface area contributed by atoms with Crippen molar-refractivity contribution < 1.29 is 13.9 Å². The molecule has 0 bridgehead atoms. The first-order chi connectivity index (χ1) is 16.9. The lowest BCUT2D eigenvalue weighted by Gasteiger charge is -2.37. The molecule has 0 atom stereocenters. The number of nitrogens with one attached hydrogen (secondary N) is 1. The van der Waals surface area contributed by atoms with E-state index in [1.807, 2.05) is 19.2 Å². The second-order valence-corrected chi connectivity index (χ2v) is 9.12. The Hall–Kier alpha value is -3.50. The third kappa shape index (κ3) is 5.13. The van der Waals surface area contributed by atoms with Crippen LogP contribution in [0.1, 0.15) is 58.1 Å². The maximum atomic E-state index is 15.7. The topological polar surface area (TPSA) is 82.0 Å². The summed E-state index contributed by atoms with van der Waals surface area (Å²) in [6.45, 7) is 5.31. The highest BCUT2D eigenvalue weighted by molar-refractivity contribution is 5.97. The van der Waals surface area contributed by atoms with Gasteiger partial charge in [0.25, 0.3) is 5.91 Å². The number of methoxy groups -OCH3 is 1. The Labute approximate surface area is 205 Å². The standard InChI is InChI=1S/C28H31FN4O2/c1-4-21-15-19(2)24(16-25(21)26-31-18-23(32-26)9-14-35-3)27(34)33-12-10-28(29,11-13-33)22-7-5-20(17-30)6-8-22/h5-8,15-16,18H,4,9-14H2,1-3H3,(H,31,32). The van der Waals surface area contributed by atoms with Crippen molar-refractivity contribution in [2.45, 2.75) is 45.2 Å². The number of aromatic nitrogens is 2. The van der Waals surface area contributed by atoms with Gasteiger partial charge >= 0.3 is 0 Å². The van der Waals surface area contributed by atoms with Crippen LogP contribution in [0.25, 0.3) is 11.4 Å². The van der Waals surface area contributed by atoms with Crippen LogP contribution in [-0.4, -0.2) is 47.6 Å². The van der Waals surface area contributed by atoms with Crippen molar-refractivity contribution in [2.75, 3.05) is 26.8 Å². The lowest BCUT2D eigenvalue weighted by Crippen LogP contribution is -2.43. The van der Waals surface area contributed by atoms with Gasteiger partial charge in [-0.15, -0.1) is 0 Å². The number of amides is 1. The molecule has 7 heteroatoms. The lowest BCUT2D eigenvalue weighted by molar-refractivity contribution is 0.0421. The van der Waals surface area contributed by atoms with Crippen LogP contribution in [0.15, 0.2) is 42.6 Å². The number of alkyl halides is 1. The molecule has 1 amide bonds. The molecule has 1 aromatic heterocycles. The molecule has 1 fully saturated rings. The third-order valence-corrected chi connectivity index (χ3v) is 6.90. The number of benzene rings is 2. The Bertz CT molecular complexity index is 1230. The predicted molar refractivity (Wildman–Crippen MR) is 133 cm³/mol. The molecule has 4 rings (SSSR count). The molecule has 35 heavy (non-hydrogen) atoms. The smallest absolute Gasteiger partial charge is 0.254 e. The molecule has 0 aliphatic carbocycles. The molecule has 182 valence electrons. The fourth-order valence-electron chi connectivity index (χ4n) is 4.71. The molecule has 0 saturated carbocycles. The zero-order valence-electron chi connectivity index (χ0n) is 20.5. The maximum absolute atomic E-state index is 15.7. The average Bonchev–Trinajstić information content (AvgIpc) is 3.36. The number of ether oxygens (including phenoxy) is 1. The van der Waals surface area contributed by atoms with Gasteiger partial charge in [0, 0.05) is 62.5 Å². The van der Waals surface area contributed by atoms with Gasteiger partial charge in [-0.1, -0.05) is 25.1 Å². The number of H-pyrrole nitrogens is 1. The first-order valence-electron chi connectivity index (χ1n) is 12.0. The zero-order chi connectivity index (χ0) is 25.0. The number of piperidine rings is 1. The Kier molecular flexibility index (Phi) is 7.32. The molecule has 1 aliphatic heterocycles. The van der Waals surface area contributed by atoms with Gasteiger partial charge in [-0.2, -0.15) is 5.26 Å². The zero-order valence-corrected chi connectivity index (χ0v) is 20.5. The SMILES string of the molecule is CCc1cc(C)c(C(=O)N2CCC(F)(c3ccc(C#N)cc3)CC2)cc1-c1ncc(CCOC)[nH]1. The van der Waals surface area contributed by atoms with Crippen LogP contribution in [0.2, 0.25) is 0 Å². The Morgan fingerprint density at radius 3 is 2.60 bits per heavy atom. The highest BCUT2D eigenvalue weighted by Crippen LogP contribution is 2.38. The number of aryl methyl sites for hydroxylation is 2. The van der Waals surface area contributed by atoms with Crippen molar-refractivity contribution in [1.29, 1.82) is 5.26 Å². The van der Waals surface area contributed by atoms with Crippen LogP contribution >= 0.6 is 0 Å². The lowest BCUT2D eigenvalue weighted by atomic mass is 9.85. The minimum Gasteiger partial charge on any atom is -0.384 e. The van der Waals surface area contributed by atoms with Gasteiger partial charge in [0.1, 0.15) is 11.5 Å². The Morgan fingerprint density at radius 1 is 1.26 bits per heavy atom. The second kappa shape index (κ2) is 10.4. The van der Waals surface area contributed by atoms with Gasteiger partial charge < -0.3 is 14.6 Å². The summed E-state index contributed by atoms with van der Waals surface area (Å²) in [6.07, 6.45) is 3.82. The monoisotopic (exact) mass is 474 g/mol. The van der Waals surface area contributed by atoms with Crippen LogP contribution < -0.4 is 0 Å². The number of imidazole rings is 1. The molecular formula is C28H31FN4O2. The third-order valence-electron chi connectivity index (χ3n) is 6.90. The number of aromatic amines is 1. The summed E-state index contributed by atoms with van der Waals surface area (Å²) in [4.78, 5) is 23.1. The maximum Gasteiger partial charge on any atom is 0.254 e. The van der Waals surface area contributed by atoms with Gasteiger partial charge in [0.15, 0.2) is 0 Å². The van der Waals surface area contributed by atoms with E-state index >= 15 is 4.39 Å². The number of nitrogens with zero attached hydrogens (tertiary/aromatic N) is 3.